The number of allylic oxidation sites excluding steroid dienone is 4. The van der Waals surface area contributed by atoms with E-state index in [1.165, 1.54) is 5.70 Å². The monoisotopic (exact) mass is 359 g/mol. The molecule has 2 aliphatic heterocycles. The van der Waals surface area contributed by atoms with Crippen LogP contribution in [0.1, 0.15) is 59.8 Å². The molecule has 2 amide bonds. The normalized spacial score (nSPS) is 24.2. The summed E-state index contributed by atoms with van der Waals surface area (Å²) in [6, 6.07) is 0. The highest BCUT2D eigenvalue weighted by Crippen LogP contribution is 2.40. The van der Waals surface area contributed by atoms with Crippen molar-refractivity contribution in [3.05, 3.63) is 23.9 Å². The number of carbonyl (C=O) groups excluding carboxylic acids is 2. The van der Waals surface area contributed by atoms with E-state index in [1.54, 1.807) is 0 Å². The third-order valence-corrected chi connectivity index (χ3v) is 6.39. The maximum Gasteiger partial charge on any atom is 0.247 e. The smallest absolute Gasteiger partial charge is 0.247 e. The number of likely N-dealkylation sites (tertiary alicyclic amines) is 1. The molecule has 5 nitrogen and oxygen atoms in total. The first-order chi connectivity index (χ1) is 12.3. The lowest BCUT2D eigenvalue weighted by atomic mass is 9.80. The Hall–Kier alpha value is -1.78. The third-order valence-electron chi connectivity index (χ3n) is 6.39. The highest BCUT2D eigenvalue weighted by atomic mass is 16.2. The molecule has 1 N–H and O–H groups in total. The van der Waals surface area contributed by atoms with Gasteiger partial charge in [0.1, 0.15) is 5.54 Å². The van der Waals surface area contributed by atoms with E-state index >= 15 is 0 Å². The van der Waals surface area contributed by atoms with Crippen LogP contribution in [0, 0.1) is 11.3 Å². The van der Waals surface area contributed by atoms with E-state index in [1.807, 2.05) is 4.90 Å². The van der Waals surface area contributed by atoms with Crippen LogP contribution in [0.4, 0.5) is 0 Å². The first-order valence-corrected chi connectivity index (χ1v) is 10.1. The maximum atomic E-state index is 12.8. The Morgan fingerprint density at radius 2 is 1.88 bits per heavy atom. The van der Waals surface area contributed by atoms with Gasteiger partial charge in [0.2, 0.25) is 11.8 Å². The molecule has 0 aromatic rings. The minimum Gasteiger partial charge on any atom is -0.343 e. The summed E-state index contributed by atoms with van der Waals surface area (Å²) in [6.07, 6.45) is 10.6. The predicted octanol–water partition coefficient (Wildman–Crippen LogP) is 3.04. The van der Waals surface area contributed by atoms with Crippen LogP contribution in [0.5, 0.6) is 0 Å². The Morgan fingerprint density at radius 1 is 1.23 bits per heavy atom. The van der Waals surface area contributed by atoms with Crippen molar-refractivity contribution in [1.29, 1.82) is 0 Å². The molecule has 0 aromatic heterocycles. The summed E-state index contributed by atoms with van der Waals surface area (Å²) in [5.74, 6) is 0.501. The Balaban J connectivity index is 1.75. The molecule has 1 spiro atoms. The summed E-state index contributed by atoms with van der Waals surface area (Å²) in [6.45, 7) is 10.5. The summed E-state index contributed by atoms with van der Waals surface area (Å²) >= 11 is 0. The summed E-state index contributed by atoms with van der Waals surface area (Å²) in [5.41, 5.74) is 0.858. The minimum atomic E-state index is -0.488. The van der Waals surface area contributed by atoms with Crippen molar-refractivity contribution >= 4 is 11.8 Å². The van der Waals surface area contributed by atoms with Gasteiger partial charge in [-0.25, -0.2) is 0 Å². The average Bonchev–Trinajstić information content (AvgIpc) is 2.92. The van der Waals surface area contributed by atoms with E-state index in [0.717, 1.165) is 19.3 Å². The van der Waals surface area contributed by atoms with E-state index in [4.69, 9.17) is 0 Å². The molecule has 0 unspecified atom stereocenters. The van der Waals surface area contributed by atoms with Gasteiger partial charge in [0, 0.05) is 24.7 Å². The summed E-state index contributed by atoms with van der Waals surface area (Å²) in [4.78, 5) is 29.7. The first kappa shape index (κ1) is 19.0. The Morgan fingerprint density at radius 3 is 2.46 bits per heavy atom. The quantitative estimate of drug-likeness (QED) is 0.839. The van der Waals surface area contributed by atoms with Gasteiger partial charge in [0.15, 0.2) is 0 Å². The maximum absolute atomic E-state index is 12.8. The van der Waals surface area contributed by atoms with Gasteiger partial charge in [-0.2, -0.15) is 0 Å². The van der Waals surface area contributed by atoms with Crippen molar-refractivity contribution in [2.75, 3.05) is 19.8 Å². The molecule has 3 aliphatic rings. The van der Waals surface area contributed by atoms with Gasteiger partial charge in [-0.05, 0) is 43.6 Å². The summed E-state index contributed by atoms with van der Waals surface area (Å²) in [7, 11) is 0. The second kappa shape index (κ2) is 7.09. The molecule has 0 radical (unpaired) electrons. The molecule has 0 bridgehead atoms. The number of piperidine rings is 1. The van der Waals surface area contributed by atoms with Gasteiger partial charge in [-0.15, -0.1) is 0 Å². The fourth-order valence-corrected chi connectivity index (χ4v) is 4.65. The zero-order valence-corrected chi connectivity index (χ0v) is 16.7. The average molecular weight is 360 g/mol. The van der Waals surface area contributed by atoms with Crippen molar-refractivity contribution in [2.24, 2.45) is 11.3 Å². The lowest BCUT2D eigenvalue weighted by molar-refractivity contribution is -0.141. The number of carbonyl (C=O) groups is 2. The van der Waals surface area contributed by atoms with Crippen LogP contribution in [-0.4, -0.2) is 46.9 Å². The van der Waals surface area contributed by atoms with E-state index < -0.39 is 5.54 Å². The van der Waals surface area contributed by atoms with Crippen LogP contribution in [0.3, 0.4) is 0 Å². The number of hydrogen-bond donors (Lipinski definition) is 1. The molecular weight excluding hydrogens is 326 g/mol. The zero-order valence-electron chi connectivity index (χ0n) is 16.7. The predicted molar refractivity (Wildman–Crippen MR) is 103 cm³/mol. The molecule has 0 saturated carbocycles. The SMILES string of the molecule is CCC(CC)C(=O)N1CCC2(CC1)C(=O)NCN2C1=CC=CC(C)(C)C1. The van der Waals surface area contributed by atoms with Crippen molar-refractivity contribution in [3.8, 4) is 0 Å². The van der Waals surface area contributed by atoms with Crippen LogP contribution < -0.4 is 5.32 Å². The van der Waals surface area contributed by atoms with Crippen molar-refractivity contribution in [1.82, 2.24) is 15.1 Å². The Labute approximate surface area is 157 Å². The first-order valence-electron chi connectivity index (χ1n) is 10.1. The van der Waals surface area contributed by atoms with Crippen LogP contribution in [0.25, 0.3) is 0 Å². The largest absolute Gasteiger partial charge is 0.343 e. The molecule has 144 valence electrons. The van der Waals surface area contributed by atoms with Gasteiger partial charge in [0.25, 0.3) is 0 Å². The van der Waals surface area contributed by atoms with Crippen molar-refractivity contribution in [2.45, 2.75) is 65.3 Å². The van der Waals surface area contributed by atoms with Gasteiger partial charge >= 0.3 is 0 Å². The number of amides is 2. The molecule has 0 atom stereocenters. The van der Waals surface area contributed by atoms with Crippen LogP contribution in [-0.2, 0) is 9.59 Å². The van der Waals surface area contributed by atoms with Gasteiger partial charge in [-0.3, -0.25) is 9.59 Å². The minimum absolute atomic E-state index is 0.114. The molecule has 26 heavy (non-hydrogen) atoms. The molecule has 0 aromatic carbocycles. The van der Waals surface area contributed by atoms with E-state index in [-0.39, 0.29) is 23.1 Å². The molecular formula is C21H33N3O2. The fraction of sp³-hybridized carbons (Fsp3) is 0.714. The second-order valence-electron chi connectivity index (χ2n) is 8.64. The third kappa shape index (κ3) is 3.28. The standard InChI is InChI=1S/C21H33N3O2/c1-5-16(6-2)18(25)23-12-10-21(11-13-23)19(26)22-15-24(21)17-8-7-9-20(3,4)14-17/h7-9,16H,5-6,10-15H2,1-4H3,(H,22,26). The lowest BCUT2D eigenvalue weighted by Crippen LogP contribution is -2.57. The van der Waals surface area contributed by atoms with Crippen LogP contribution in [0.2, 0.25) is 0 Å². The molecule has 5 heteroatoms. The topological polar surface area (TPSA) is 52.7 Å². The number of rotatable bonds is 4. The fourth-order valence-electron chi connectivity index (χ4n) is 4.65. The molecule has 3 rings (SSSR count). The highest BCUT2D eigenvalue weighted by molar-refractivity contribution is 5.89. The van der Waals surface area contributed by atoms with Crippen LogP contribution in [0.15, 0.2) is 23.9 Å². The zero-order chi connectivity index (χ0) is 18.9. The number of nitrogens with one attached hydrogen (secondary N) is 1. The number of hydrogen-bond acceptors (Lipinski definition) is 3. The Kier molecular flexibility index (Phi) is 5.18. The Bertz CT molecular complexity index is 623. The van der Waals surface area contributed by atoms with Gasteiger partial charge < -0.3 is 15.1 Å². The van der Waals surface area contributed by atoms with Crippen molar-refractivity contribution < 1.29 is 9.59 Å². The van der Waals surface area contributed by atoms with Gasteiger partial charge in [-0.1, -0.05) is 39.8 Å². The highest BCUT2D eigenvalue weighted by Gasteiger charge is 2.51. The molecule has 2 fully saturated rings. The molecule has 2 saturated heterocycles. The van der Waals surface area contributed by atoms with E-state index in [2.05, 4.69) is 56.1 Å². The van der Waals surface area contributed by atoms with E-state index in [0.29, 0.717) is 32.6 Å². The summed E-state index contributed by atoms with van der Waals surface area (Å²) in [5, 5.41) is 3.06. The number of nitrogens with zero attached hydrogens (tertiary/aromatic N) is 2. The lowest BCUT2D eigenvalue weighted by Gasteiger charge is -2.46. The molecule has 2 heterocycles. The van der Waals surface area contributed by atoms with E-state index in [9.17, 15) is 9.59 Å². The second-order valence-corrected chi connectivity index (χ2v) is 8.64. The summed E-state index contributed by atoms with van der Waals surface area (Å²) < 4.78 is 0. The van der Waals surface area contributed by atoms with Crippen LogP contribution >= 0.6 is 0 Å². The van der Waals surface area contributed by atoms with Gasteiger partial charge in [0.05, 0.1) is 6.67 Å². The molecule has 1 aliphatic carbocycles. The van der Waals surface area contributed by atoms with Crippen molar-refractivity contribution in [3.63, 3.8) is 0 Å².